The molecule has 6 nitrogen and oxygen atoms in total. The maximum absolute atomic E-state index is 12.9. The highest BCUT2D eigenvalue weighted by molar-refractivity contribution is 7.22. The summed E-state index contributed by atoms with van der Waals surface area (Å²) in [6.45, 7) is 13.6. The van der Waals surface area contributed by atoms with E-state index in [9.17, 15) is 10.1 Å². The zero-order valence-electron chi connectivity index (χ0n) is 26.6. The predicted molar refractivity (Wildman–Crippen MR) is 182 cm³/mol. The first kappa shape index (κ1) is 32.3. The summed E-state index contributed by atoms with van der Waals surface area (Å²) in [6.07, 6.45) is 1.24. The van der Waals surface area contributed by atoms with Gasteiger partial charge in [-0.2, -0.15) is 5.26 Å². The molecule has 2 aromatic heterocycles. The van der Waals surface area contributed by atoms with Gasteiger partial charge in [0, 0.05) is 27.9 Å². The molecule has 3 aromatic carbocycles. The van der Waals surface area contributed by atoms with Crippen LogP contribution in [0.1, 0.15) is 64.3 Å². The van der Waals surface area contributed by atoms with Crippen molar-refractivity contribution in [2.24, 2.45) is 5.41 Å². The molecule has 1 unspecified atom stereocenters. The summed E-state index contributed by atoms with van der Waals surface area (Å²) in [7, 11) is 0. The fourth-order valence-corrected chi connectivity index (χ4v) is 6.34. The van der Waals surface area contributed by atoms with Gasteiger partial charge in [-0.15, -0.1) is 11.3 Å². The minimum Gasteiger partial charge on any atom is -0.462 e. The van der Waals surface area contributed by atoms with E-state index in [0.29, 0.717) is 10.6 Å². The number of hydrogen-bond acceptors (Lipinski definition) is 7. The number of halogens is 1. The number of rotatable bonds is 7. The van der Waals surface area contributed by atoms with Gasteiger partial charge in [-0.05, 0) is 108 Å². The summed E-state index contributed by atoms with van der Waals surface area (Å²) in [6, 6.07) is 23.4. The second-order valence-corrected chi connectivity index (χ2v) is 14.5. The zero-order chi connectivity index (χ0) is 32.5. The van der Waals surface area contributed by atoms with Gasteiger partial charge in [0.25, 0.3) is 0 Å². The summed E-state index contributed by atoms with van der Waals surface area (Å²) >= 11 is 7.91. The van der Waals surface area contributed by atoms with Crippen molar-refractivity contribution in [3.63, 3.8) is 0 Å². The Morgan fingerprint density at radius 1 is 0.978 bits per heavy atom. The van der Waals surface area contributed by atoms with E-state index in [4.69, 9.17) is 26.1 Å². The van der Waals surface area contributed by atoms with Crippen molar-refractivity contribution in [1.82, 2.24) is 9.97 Å². The fourth-order valence-electron chi connectivity index (χ4n) is 5.09. The van der Waals surface area contributed by atoms with Gasteiger partial charge in [-0.1, -0.05) is 35.9 Å². The van der Waals surface area contributed by atoms with E-state index in [0.717, 1.165) is 54.3 Å². The van der Waals surface area contributed by atoms with Crippen LogP contribution < -0.4 is 0 Å². The molecule has 0 aliphatic carbocycles. The van der Waals surface area contributed by atoms with Gasteiger partial charge in [0.2, 0.25) is 0 Å². The zero-order valence-corrected chi connectivity index (χ0v) is 28.1. The molecule has 8 heteroatoms. The molecule has 230 valence electrons. The quantitative estimate of drug-likeness (QED) is 0.165. The molecular formula is C37H36ClN3O3S. The van der Waals surface area contributed by atoms with Crippen molar-refractivity contribution in [2.75, 3.05) is 6.61 Å². The third-order valence-corrected chi connectivity index (χ3v) is 8.54. The maximum Gasteiger partial charge on any atom is 0.311 e. The summed E-state index contributed by atoms with van der Waals surface area (Å²) < 4.78 is 13.5. The van der Waals surface area contributed by atoms with Crippen molar-refractivity contribution >= 4 is 39.1 Å². The van der Waals surface area contributed by atoms with E-state index >= 15 is 0 Å². The Labute approximate surface area is 273 Å². The Morgan fingerprint density at radius 2 is 1.71 bits per heavy atom. The lowest BCUT2D eigenvalue weighted by molar-refractivity contribution is -0.162. The number of hydrogen-bond donors (Lipinski definition) is 0. The molecular weight excluding hydrogens is 602 g/mol. The highest BCUT2D eigenvalue weighted by Gasteiger charge is 2.31. The third kappa shape index (κ3) is 7.42. The smallest absolute Gasteiger partial charge is 0.311 e. The molecule has 0 aliphatic rings. The molecule has 5 aromatic rings. The number of carbonyl (C=O) groups excluding carboxylic acids is 1. The number of aryl methyl sites for hydroxylation is 1. The summed E-state index contributed by atoms with van der Waals surface area (Å²) in [5.41, 5.74) is 6.70. The lowest BCUT2D eigenvalue weighted by Crippen LogP contribution is -2.30. The largest absolute Gasteiger partial charge is 0.462 e. The number of pyridine rings is 1. The van der Waals surface area contributed by atoms with E-state index in [-0.39, 0.29) is 12.6 Å². The lowest BCUT2D eigenvalue weighted by Gasteiger charge is -2.31. The van der Waals surface area contributed by atoms with Crippen LogP contribution in [0.3, 0.4) is 0 Å². The van der Waals surface area contributed by atoms with Crippen LogP contribution >= 0.6 is 22.9 Å². The molecule has 0 radical (unpaired) electrons. The molecule has 0 spiro atoms. The molecule has 45 heavy (non-hydrogen) atoms. The van der Waals surface area contributed by atoms with Gasteiger partial charge in [-0.3, -0.25) is 9.78 Å². The van der Waals surface area contributed by atoms with Crippen LogP contribution in [-0.4, -0.2) is 28.1 Å². The number of nitriles is 1. The van der Waals surface area contributed by atoms with Gasteiger partial charge in [-0.25, -0.2) is 4.98 Å². The van der Waals surface area contributed by atoms with Crippen LogP contribution in [0.25, 0.3) is 43.2 Å². The number of thiazole rings is 1. The first-order chi connectivity index (χ1) is 21.2. The van der Waals surface area contributed by atoms with Gasteiger partial charge in [0.1, 0.15) is 17.7 Å². The summed E-state index contributed by atoms with van der Waals surface area (Å²) in [4.78, 5) is 22.5. The number of ether oxygens (including phenoxy) is 2. The Kier molecular flexibility index (Phi) is 9.14. The molecule has 0 aliphatic heterocycles. The fraction of sp³-hybridized carbons (Fsp3) is 0.297. The standard InChI is InChI=1S/C37H36ClN3O3S/c1-22-17-29-33(45-34(41-29)26-15-16-40-28(19-26)25-10-8-9-23(18-25)20-39)32(24-11-13-27(38)14-12-24)31(22)30(44-37(5,6)7)21-43-35(42)36(2,3)4/h8-19,30H,21H2,1-7H3. The molecule has 1 atom stereocenters. The Hall–Kier alpha value is -4.09. The minimum absolute atomic E-state index is 0.0709. The average Bonchev–Trinajstić information content (AvgIpc) is 3.41. The number of nitrogens with zero attached hydrogens (tertiary/aromatic N) is 3. The molecule has 2 heterocycles. The maximum atomic E-state index is 12.9. The number of esters is 1. The van der Waals surface area contributed by atoms with Crippen LogP contribution in [0.15, 0.2) is 72.9 Å². The van der Waals surface area contributed by atoms with E-state index in [1.807, 2.05) is 103 Å². The monoisotopic (exact) mass is 637 g/mol. The van der Waals surface area contributed by atoms with E-state index in [2.05, 4.69) is 17.1 Å². The SMILES string of the molecule is Cc1cc2nc(-c3ccnc(-c4cccc(C#N)c4)c3)sc2c(-c2ccc(Cl)cc2)c1C(COC(=O)C(C)(C)C)OC(C)(C)C. The number of aromatic nitrogens is 2. The highest BCUT2D eigenvalue weighted by atomic mass is 35.5. The average molecular weight is 638 g/mol. The molecule has 0 N–H and O–H groups in total. The van der Waals surface area contributed by atoms with E-state index in [1.54, 1.807) is 23.6 Å². The van der Waals surface area contributed by atoms with Crippen LogP contribution in [0.5, 0.6) is 0 Å². The number of benzene rings is 3. The van der Waals surface area contributed by atoms with Crippen molar-refractivity contribution in [2.45, 2.75) is 60.2 Å². The number of fused-ring (bicyclic) bond motifs is 1. The van der Waals surface area contributed by atoms with Crippen molar-refractivity contribution < 1.29 is 14.3 Å². The van der Waals surface area contributed by atoms with Crippen molar-refractivity contribution in [3.05, 3.63) is 94.6 Å². The highest BCUT2D eigenvalue weighted by Crippen LogP contribution is 2.44. The molecule has 0 saturated heterocycles. The molecule has 5 rings (SSSR count). The predicted octanol–water partition coefficient (Wildman–Crippen LogP) is 9.97. The Balaban J connectivity index is 1.69. The van der Waals surface area contributed by atoms with Gasteiger partial charge in [0.15, 0.2) is 0 Å². The van der Waals surface area contributed by atoms with Crippen molar-refractivity contribution in [1.29, 1.82) is 5.26 Å². The van der Waals surface area contributed by atoms with Crippen LogP contribution in [0.2, 0.25) is 5.02 Å². The van der Waals surface area contributed by atoms with Crippen LogP contribution in [0, 0.1) is 23.7 Å². The van der Waals surface area contributed by atoms with E-state index < -0.39 is 17.1 Å². The van der Waals surface area contributed by atoms with Crippen LogP contribution in [0.4, 0.5) is 0 Å². The Morgan fingerprint density at radius 3 is 2.38 bits per heavy atom. The number of carbonyl (C=O) groups is 1. The van der Waals surface area contributed by atoms with Crippen molar-refractivity contribution in [3.8, 4) is 39.0 Å². The van der Waals surface area contributed by atoms with Crippen LogP contribution in [-0.2, 0) is 14.3 Å². The first-order valence-corrected chi connectivity index (χ1v) is 15.9. The lowest BCUT2D eigenvalue weighted by atomic mass is 9.91. The first-order valence-electron chi connectivity index (χ1n) is 14.8. The van der Waals surface area contributed by atoms with Gasteiger partial charge in [0.05, 0.1) is 38.6 Å². The van der Waals surface area contributed by atoms with Gasteiger partial charge >= 0.3 is 5.97 Å². The second-order valence-electron chi connectivity index (χ2n) is 13.0. The van der Waals surface area contributed by atoms with Gasteiger partial charge < -0.3 is 9.47 Å². The molecule has 0 amide bonds. The molecule has 0 fully saturated rings. The molecule has 0 saturated carbocycles. The normalized spacial score (nSPS) is 12.6. The van der Waals surface area contributed by atoms with E-state index in [1.165, 1.54) is 0 Å². The third-order valence-electron chi connectivity index (χ3n) is 7.15. The summed E-state index contributed by atoms with van der Waals surface area (Å²) in [5.74, 6) is -0.286. The Bertz CT molecular complexity index is 1910. The topological polar surface area (TPSA) is 85.1 Å². The molecule has 0 bridgehead atoms. The minimum atomic E-state index is -0.643. The second kappa shape index (κ2) is 12.7. The summed E-state index contributed by atoms with van der Waals surface area (Å²) in [5, 5.41) is 10.9.